The number of ether oxygens (including phenoxy) is 1. The van der Waals surface area contributed by atoms with Gasteiger partial charge in [0.1, 0.15) is 12.0 Å². The number of likely N-dealkylation sites (N-methyl/N-ethyl adjacent to an activating group) is 1. The number of H-pyrrole nitrogens is 1. The Morgan fingerprint density at radius 3 is 2.84 bits per heavy atom. The minimum atomic E-state index is -0.579. The number of nitrogens with zero attached hydrogens (tertiary/aromatic N) is 1. The Balaban J connectivity index is 2.41. The van der Waals surface area contributed by atoms with E-state index in [2.05, 4.69) is 4.98 Å². The van der Waals surface area contributed by atoms with Crippen LogP contribution in [0, 0.1) is 0 Å². The van der Waals surface area contributed by atoms with Gasteiger partial charge >= 0.3 is 5.97 Å². The SMILES string of the molecule is CC(=O)Oc1cccc2[nH]cc(CC(O)N(C)C)c12. The van der Waals surface area contributed by atoms with E-state index in [9.17, 15) is 9.90 Å². The van der Waals surface area contributed by atoms with E-state index >= 15 is 0 Å². The van der Waals surface area contributed by atoms with E-state index in [1.54, 1.807) is 11.0 Å². The molecule has 5 heteroatoms. The van der Waals surface area contributed by atoms with Gasteiger partial charge in [-0.2, -0.15) is 0 Å². The first kappa shape index (κ1) is 13.6. The van der Waals surface area contributed by atoms with Crippen molar-refractivity contribution < 1.29 is 14.6 Å². The molecule has 1 heterocycles. The summed E-state index contributed by atoms with van der Waals surface area (Å²) in [6.45, 7) is 1.37. The molecule has 2 rings (SSSR count). The highest BCUT2D eigenvalue weighted by molar-refractivity contribution is 5.91. The van der Waals surface area contributed by atoms with Crippen LogP contribution in [0.2, 0.25) is 0 Å². The van der Waals surface area contributed by atoms with E-state index in [0.29, 0.717) is 12.2 Å². The lowest BCUT2D eigenvalue weighted by Crippen LogP contribution is -2.29. The van der Waals surface area contributed by atoms with Crippen LogP contribution in [-0.4, -0.2) is 41.3 Å². The van der Waals surface area contributed by atoms with E-state index < -0.39 is 6.23 Å². The number of benzene rings is 1. The molecule has 2 aromatic rings. The predicted octanol–water partition coefficient (Wildman–Crippen LogP) is 1.52. The van der Waals surface area contributed by atoms with Crippen molar-refractivity contribution in [3.63, 3.8) is 0 Å². The summed E-state index contributed by atoms with van der Waals surface area (Å²) >= 11 is 0. The lowest BCUT2D eigenvalue weighted by atomic mass is 10.1. The molecule has 2 N–H and O–H groups in total. The maximum Gasteiger partial charge on any atom is 0.308 e. The summed E-state index contributed by atoms with van der Waals surface area (Å²) in [7, 11) is 3.62. The van der Waals surface area contributed by atoms with Gasteiger partial charge in [-0.3, -0.25) is 9.69 Å². The fraction of sp³-hybridized carbons (Fsp3) is 0.357. The molecular formula is C14H18N2O3. The summed E-state index contributed by atoms with van der Waals surface area (Å²) in [5.41, 5.74) is 1.81. The molecule has 102 valence electrons. The number of rotatable bonds is 4. The van der Waals surface area contributed by atoms with Crippen LogP contribution < -0.4 is 4.74 Å². The molecule has 1 aromatic carbocycles. The molecule has 1 unspecified atom stereocenters. The summed E-state index contributed by atoms with van der Waals surface area (Å²) in [6, 6.07) is 5.49. The van der Waals surface area contributed by atoms with E-state index in [-0.39, 0.29) is 5.97 Å². The van der Waals surface area contributed by atoms with Gasteiger partial charge in [0, 0.05) is 30.4 Å². The smallest absolute Gasteiger partial charge is 0.308 e. The number of aliphatic hydroxyl groups is 1. The predicted molar refractivity (Wildman–Crippen MR) is 73.0 cm³/mol. The molecule has 0 saturated heterocycles. The third kappa shape index (κ3) is 2.94. The lowest BCUT2D eigenvalue weighted by Gasteiger charge is -2.18. The highest BCUT2D eigenvalue weighted by atomic mass is 16.5. The van der Waals surface area contributed by atoms with Crippen molar-refractivity contribution in [3.05, 3.63) is 30.0 Å². The molecule has 0 radical (unpaired) electrons. The molecule has 1 atom stereocenters. The van der Waals surface area contributed by atoms with Gasteiger partial charge in [-0.25, -0.2) is 0 Å². The van der Waals surface area contributed by atoms with Crippen molar-refractivity contribution in [2.75, 3.05) is 14.1 Å². The van der Waals surface area contributed by atoms with Crippen molar-refractivity contribution in [2.45, 2.75) is 19.6 Å². The van der Waals surface area contributed by atoms with Gasteiger partial charge in [0.2, 0.25) is 0 Å². The second-order valence-corrected chi connectivity index (χ2v) is 4.73. The molecule has 0 aliphatic rings. The number of carbonyl (C=O) groups is 1. The average molecular weight is 262 g/mol. The number of esters is 1. The lowest BCUT2D eigenvalue weighted by molar-refractivity contribution is -0.131. The number of aliphatic hydroxyl groups excluding tert-OH is 1. The van der Waals surface area contributed by atoms with Crippen LogP contribution in [0.4, 0.5) is 0 Å². The van der Waals surface area contributed by atoms with E-state index in [1.165, 1.54) is 6.92 Å². The first-order valence-corrected chi connectivity index (χ1v) is 6.11. The second-order valence-electron chi connectivity index (χ2n) is 4.73. The summed E-state index contributed by atoms with van der Waals surface area (Å²) in [6.07, 6.45) is 1.72. The van der Waals surface area contributed by atoms with Gasteiger partial charge in [0.25, 0.3) is 0 Å². The normalized spacial score (nSPS) is 12.9. The number of fused-ring (bicyclic) bond motifs is 1. The quantitative estimate of drug-likeness (QED) is 0.498. The largest absolute Gasteiger partial charge is 0.426 e. The Morgan fingerprint density at radius 2 is 2.21 bits per heavy atom. The summed E-state index contributed by atoms with van der Waals surface area (Å²) in [5, 5.41) is 10.8. The monoisotopic (exact) mass is 262 g/mol. The average Bonchev–Trinajstić information content (AvgIpc) is 2.72. The Labute approximate surface area is 111 Å². The highest BCUT2D eigenvalue weighted by Gasteiger charge is 2.15. The molecule has 0 spiro atoms. The van der Waals surface area contributed by atoms with Crippen LogP contribution >= 0.6 is 0 Å². The number of hydrogen-bond acceptors (Lipinski definition) is 4. The van der Waals surface area contributed by atoms with Crippen LogP contribution in [0.1, 0.15) is 12.5 Å². The zero-order valence-electron chi connectivity index (χ0n) is 11.3. The first-order valence-electron chi connectivity index (χ1n) is 6.11. The Hall–Kier alpha value is -1.85. The van der Waals surface area contributed by atoms with Crippen LogP contribution in [0.3, 0.4) is 0 Å². The summed E-state index contributed by atoms with van der Waals surface area (Å²) in [4.78, 5) is 16.0. The summed E-state index contributed by atoms with van der Waals surface area (Å²) < 4.78 is 5.21. The van der Waals surface area contributed by atoms with Gasteiger partial charge in [-0.05, 0) is 31.8 Å². The van der Waals surface area contributed by atoms with Gasteiger partial charge in [-0.15, -0.1) is 0 Å². The summed E-state index contributed by atoms with van der Waals surface area (Å²) in [5.74, 6) is 0.167. The Morgan fingerprint density at radius 1 is 1.47 bits per heavy atom. The van der Waals surface area contributed by atoms with Crippen LogP contribution in [0.5, 0.6) is 5.75 Å². The minimum absolute atomic E-state index is 0.354. The number of carbonyl (C=O) groups excluding carboxylic acids is 1. The van der Waals surface area contributed by atoms with Gasteiger partial charge in [0.15, 0.2) is 0 Å². The molecule has 19 heavy (non-hydrogen) atoms. The van der Waals surface area contributed by atoms with Gasteiger partial charge in [-0.1, -0.05) is 6.07 Å². The van der Waals surface area contributed by atoms with Crippen LogP contribution in [-0.2, 0) is 11.2 Å². The van der Waals surface area contributed by atoms with Crippen LogP contribution in [0.15, 0.2) is 24.4 Å². The van der Waals surface area contributed by atoms with Gasteiger partial charge < -0.3 is 14.8 Å². The third-order valence-electron chi connectivity index (χ3n) is 3.00. The van der Waals surface area contributed by atoms with Crippen molar-refractivity contribution in [2.24, 2.45) is 0 Å². The molecule has 0 saturated carbocycles. The molecule has 0 amide bonds. The van der Waals surface area contributed by atoms with E-state index in [0.717, 1.165) is 16.5 Å². The van der Waals surface area contributed by atoms with Crippen LogP contribution in [0.25, 0.3) is 10.9 Å². The molecule has 0 aliphatic heterocycles. The Bertz CT molecular complexity index is 589. The molecule has 0 aliphatic carbocycles. The van der Waals surface area contributed by atoms with Crippen molar-refractivity contribution in [1.29, 1.82) is 0 Å². The van der Waals surface area contributed by atoms with Gasteiger partial charge in [0.05, 0.1) is 0 Å². The fourth-order valence-corrected chi connectivity index (χ4v) is 2.00. The highest BCUT2D eigenvalue weighted by Crippen LogP contribution is 2.29. The van der Waals surface area contributed by atoms with E-state index in [4.69, 9.17) is 4.74 Å². The number of hydrogen-bond donors (Lipinski definition) is 2. The number of nitrogens with one attached hydrogen (secondary N) is 1. The molecule has 0 bridgehead atoms. The molecule has 1 aromatic heterocycles. The fourth-order valence-electron chi connectivity index (χ4n) is 2.00. The van der Waals surface area contributed by atoms with Crippen molar-refractivity contribution in [3.8, 4) is 5.75 Å². The maximum absolute atomic E-state index is 11.1. The number of aromatic amines is 1. The first-order chi connectivity index (χ1) is 8.99. The topological polar surface area (TPSA) is 65.6 Å². The van der Waals surface area contributed by atoms with E-state index in [1.807, 2.05) is 32.4 Å². The number of aromatic nitrogens is 1. The molecule has 5 nitrogen and oxygen atoms in total. The standard InChI is InChI=1S/C14H18N2O3/c1-9(17)19-12-6-4-5-11-14(12)10(8-15-11)7-13(18)16(2)3/h4-6,8,13,15,18H,7H2,1-3H3. The Kier molecular flexibility index (Phi) is 3.87. The van der Waals surface area contributed by atoms with Crippen molar-refractivity contribution >= 4 is 16.9 Å². The minimum Gasteiger partial charge on any atom is -0.426 e. The molecule has 0 fully saturated rings. The zero-order chi connectivity index (χ0) is 14.0. The maximum atomic E-state index is 11.1. The second kappa shape index (κ2) is 5.42. The third-order valence-corrected chi connectivity index (χ3v) is 3.00. The molecular weight excluding hydrogens is 244 g/mol. The van der Waals surface area contributed by atoms with Crippen molar-refractivity contribution in [1.82, 2.24) is 9.88 Å². The zero-order valence-corrected chi connectivity index (χ0v) is 11.3.